The minimum absolute atomic E-state index is 0.146. The lowest BCUT2D eigenvalue weighted by Gasteiger charge is -2.27. The van der Waals surface area contributed by atoms with Crippen LogP contribution in [-0.4, -0.2) is 15.7 Å². The van der Waals surface area contributed by atoms with Gasteiger partial charge >= 0.3 is 0 Å². The largest absolute Gasteiger partial charge is 0.377 e. The highest BCUT2D eigenvalue weighted by molar-refractivity contribution is 6.32. The van der Waals surface area contributed by atoms with E-state index in [4.69, 9.17) is 11.6 Å². The van der Waals surface area contributed by atoms with Gasteiger partial charge in [-0.25, -0.2) is 5.10 Å². The van der Waals surface area contributed by atoms with Crippen LogP contribution in [0.2, 0.25) is 5.02 Å². The quantitative estimate of drug-likeness (QED) is 0.889. The van der Waals surface area contributed by atoms with Gasteiger partial charge in [0.25, 0.3) is 5.56 Å². The van der Waals surface area contributed by atoms with E-state index < -0.39 is 0 Å². The molecule has 0 aliphatic heterocycles. The van der Waals surface area contributed by atoms with Crippen LogP contribution in [0, 0.1) is 0 Å². The average molecular weight is 292 g/mol. The Balaban J connectivity index is 2.04. The highest BCUT2D eigenvalue weighted by Crippen LogP contribution is 2.23. The second kappa shape index (κ2) is 6.09. The fourth-order valence-corrected chi connectivity index (χ4v) is 2.14. The standard InChI is InChI=1S/C15H18ClN3O/c1-15(2,9-8-11-6-4-3-5-7-11)18-12-10-17-19-14(20)13(12)16/h3-7,10H,8-9H2,1-2H3,(H2,18,19,20). The number of aromatic nitrogens is 2. The van der Waals surface area contributed by atoms with Gasteiger partial charge in [-0.2, -0.15) is 5.10 Å². The molecular weight excluding hydrogens is 274 g/mol. The van der Waals surface area contributed by atoms with E-state index in [1.807, 2.05) is 18.2 Å². The van der Waals surface area contributed by atoms with E-state index in [1.165, 1.54) is 11.8 Å². The van der Waals surface area contributed by atoms with Crippen molar-refractivity contribution in [1.29, 1.82) is 0 Å². The molecule has 0 radical (unpaired) electrons. The summed E-state index contributed by atoms with van der Waals surface area (Å²) in [5, 5.41) is 9.50. The predicted molar refractivity (Wildman–Crippen MR) is 82.3 cm³/mol. The van der Waals surface area contributed by atoms with Crippen molar-refractivity contribution in [2.45, 2.75) is 32.2 Å². The fraction of sp³-hybridized carbons (Fsp3) is 0.333. The first-order valence-electron chi connectivity index (χ1n) is 6.53. The Morgan fingerprint density at radius 1 is 1.30 bits per heavy atom. The third kappa shape index (κ3) is 3.84. The van der Waals surface area contributed by atoms with Crippen molar-refractivity contribution in [3.8, 4) is 0 Å². The maximum atomic E-state index is 11.4. The summed E-state index contributed by atoms with van der Waals surface area (Å²) < 4.78 is 0. The van der Waals surface area contributed by atoms with Crippen LogP contribution in [0.1, 0.15) is 25.8 Å². The molecule has 0 aliphatic carbocycles. The molecule has 2 rings (SSSR count). The molecular formula is C15H18ClN3O. The Morgan fingerprint density at radius 3 is 2.70 bits per heavy atom. The first kappa shape index (κ1) is 14.6. The van der Waals surface area contributed by atoms with Gasteiger partial charge in [0.2, 0.25) is 0 Å². The molecule has 5 heteroatoms. The maximum Gasteiger partial charge on any atom is 0.285 e. The molecule has 1 aromatic carbocycles. The molecule has 0 fully saturated rings. The lowest BCUT2D eigenvalue weighted by molar-refractivity contribution is 0.518. The first-order chi connectivity index (χ1) is 9.48. The highest BCUT2D eigenvalue weighted by atomic mass is 35.5. The number of nitrogens with one attached hydrogen (secondary N) is 2. The van der Waals surface area contributed by atoms with Crippen molar-refractivity contribution in [2.75, 3.05) is 5.32 Å². The molecule has 0 atom stereocenters. The Morgan fingerprint density at radius 2 is 2.00 bits per heavy atom. The number of halogens is 1. The second-order valence-electron chi connectivity index (χ2n) is 5.42. The van der Waals surface area contributed by atoms with Crippen molar-refractivity contribution >= 4 is 17.3 Å². The van der Waals surface area contributed by atoms with E-state index in [1.54, 1.807) is 0 Å². The first-order valence-corrected chi connectivity index (χ1v) is 6.91. The van der Waals surface area contributed by atoms with Gasteiger partial charge in [-0.05, 0) is 32.3 Å². The van der Waals surface area contributed by atoms with Crippen LogP contribution in [0.4, 0.5) is 5.69 Å². The molecule has 0 bridgehead atoms. The van der Waals surface area contributed by atoms with Crippen LogP contribution in [0.3, 0.4) is 0 Å². The van der Waals surface area contributed by atoms with Gasteiger partial charge in [0, 0.05) is 5.54 Å². The molecule has 0 unspecified atom stereocenters. The molecule has 2 aromatic rings. The van der Waals surface area contributed by atoms with Gasteiger partial charge in [-0.15, -0.1) is 0 Å². The summed E-state index contributed by atoms with van der Waals surface area (Å²) >= 11 is 5.97. The maximum absolute atomic E-state index is 11.4. The second-order valence-corrected chi connectivity index (χ2v) is 5.80. The summed E-state index contributed by atoms with van der Waals surface area (Å²) in [4.78, 5) is 11.4. The highest BCUT2D eigenvalue weighted by Gasteiger charge is 2.19. The predicted octanol–water partition coefficient (Wildman–Crippen LogP) is 3.25. The Bertz CT molecular complexity index is 623. The summed E-state index contributed by atoms with van der Waals surface area (Å²) in [7, 11) is 0. The Kier molecular flexibility index (Phi) is 4.45. The monoisotopic (exact) mass is 291 g/mol. The number of hydrogen-bond donors (Lipinski definition) is 2. The molecule has 106 valence electrons. The molecule has 0 saturated heterocycles. The van der Waals surface area contributed by atoms with E-state index in [2.05, 4.69) is 41.5 Å². The number of hydrogen-bond acceptors (Lipinski definition) is 3. The topological polar surface area (TPSA) is 57.8 Å². The molecule has 0 aliphatic rings. The van der Waals surface area contributed by atoms with Crippen LogP contribution in [0.5, 0.6) is 0 Å². The van der Waals surface area contributed by atoms with Crippen LogP contribution in [-0.2, 0) is 6.42 Å². The van der Waals surface area contributed by atoms with Crippen LogP contribution in [0.15, 0.2) is 41.3 Å². The normalized spacial score (nSPS) is 11.3. The smallest absolute Gasteiger partial charge is 0.285 e. The Hall–Kier alpha value is -1.81. The zero-order chi connectivity index (χ0) is 14.6. The van der Waals surface area contributed by atoms with Crippen LogP contribution >= 0.6 is 11.6 Å². The average Bonchev–Trinajstić information content (AvgIpc) is 2.43. The van der Waals surface area contributed by atoms with Gasteiger partial charge in [0.1, 0.15) is 5.02 Å². The van der Waals surface area contributed by atoms with Crippen molar-refractivity contribution in [3.63, 3.8) is 0 Å². The SMILES string of the molecule is CC(C)(CCc1ccccc1)Nc1cn[nH]c(=O)c1Cl. The summed E-state index contributed by atoms with van der Waals surface area (Å²) in [5.74, 6) is 0. The lowest BCUT2D eigenvalue weighted by Crippen LogP contribution is -2.32. The number of rotatable bonds is 5. The van der Waals surface area contributed by atoms with Crippen molar-refractivity contribution in [3.05, 3.63) is 57.5 Å². The number of nitrogens with zero attached hydrogens (tertiary/aromatic N) is 1. The number of benzene rings is 1. The minimum atomic E-state index is -0.379. The molecule has 4 nitrogen and oxygen atoms in total. The van der Waals surface area contributed by atoms with Gasteiger partial charge in [0.05, 0.1) is 11.9 Å². The molecule has 20 heavy (non-hydrogen) atoms. The van der Waals surface area contributed by atoms with E-state index in [0.717, 1.165) is 12.8 Å². The van der Waals surface area contributed by atoms with Crippen molar-refractivity contribution < 1.29 is 0 Å². The van der Waals surface area contributed by atoms with Crippen LogP contribution in [0.25, 0.3) is 0 Å². The zero-order valence-corrected chi connectivity index (χ0v) is 12.4. The zero-order valence-electron chi connectivity index (χ0n) is 11.6. The number of H-pyrrole nitrogens is 1. The van der Waals surface area contributed by atoms with Gasteiger partial charge in [-0.1, -0.05) is 41.9 Å². The number of aromatic amines is 1. The third-order valence-corrected chi connectivity index (χ3v) is 3.53. The van der Waals surface area contributed by atoms with Gasteiger partial charge < -0.3 is 5.32 Å². The molecule has 0 saturated carbocycles. The van der Waals surface area contributed by atoms with Crippen LogP contribution < -0.4 is 10.9 Å². The summed E-state index contributed by atoms with van der Waals surface area (Å²) in [6.07, 6.45) is 3.41. The molecule has 2 N–H and O–H groups in total. The van der Waals surface area contributed by atoms with E-state index in [-0.39, 0.29) is 16.1 Å². The van der Waals surface area contributed by atoms with E-state index in [0.29, 0.717) is 5.69 Å². The number of anilines is 1. The lowest BCUT2D eigenvalue weighted by atomic mass is 9.95. The third-order valence-electron chi connectivity index (χ3n) is 3.15. The number of aryl methyl sites for hydroxylation is 1. The van der Waals surface area contributed by atoms with E-state index >= 15 is 0 Å². The molecule has 0 amide bonds. The van der Waals surface area contributed by atoms with Crippen molar-refractivity contribution in [2.24, 2.45) is 0 Å². The van der Waals surface area contributed by atoms with Gasteiger partial charge in [0.15, 0.2) is 0 Å². The summed E-state index contributed by atoms with van der Waals surface area (Å²) in [6, 6.07) is 10.3. The minimum Gasteiger partial charge on any atom is -0.377 e. The molecule has 1 aromatic heterocycles. The Labute approximate surface area is 123 Å². The fourth-order valence-electron chi connectivity index (χ4n) is 2.00. The molecule has 0 spiro atoms. The van der Waals surface area contributed by atoms with Gasteiger partial charge in [-0.3, -0.25) is 4.79 Å². The molecule has 1 heterocycles. The van der Waals surface area contributed by atoms with E-state index in [9.17, 15) is 4.79 Å². The van der Waals surface area contributed by atoms with Crippen molar-refractivity contribution in [1.82, 2.24) is 10.2 Å². The summed E-state index contributed by atoms with van der Waals surface area (Å²) in [5.41, 5.74) is 1.29. The summed E-state index contributed by atoms with van der Waals surface area (Å²) in [6.45, 7) is 4.15.